The lowest BCUT2D eigenvalue weighted by atomic mass is 9.76. The van der Waals surface area contributed by atoms with Crippen molar-refractivity contribution in [1.29, 1.82) is 0 Å². The number of hydrogen-bond acceptors (Lipinski definition) is 7. The molecule has 226 valence electrons. The van der Waals surface area contributed by atoms with Gasteiger partial charge < -0.3 is 16.4 Å². The van der Waals surface area contributed by atoms with Gasteiger partial charge in [0, 0.05) is 44.8 Å². The molecule has 1 aliphatic carbocycles. The molecular formula is C40H27N3O4. The zero-order valence-corrected chi connectivity index (χ0v) is 25.0. The lowest BCUT2D eigenvalue weighted by molar-refractivity contribution is 0.0965. The van der Waals surface area contributed by atoms with E-state index in [1.54, 1.807) is 84.9 Å². The van der Waals surface area contributed by atoms with Crippen molar-refractivity contribution in [1.82, 2.24) is 0 Å². The molecular weight excluding hydrogens is 586 g/mol. The molecule has 0 atom stereocenters. The molecule has 4 N–H and O–H groups in total. The van der Waals surface area contributed by atoms with Gasteiger partial charge in [0.05, 0.1) is 28.2 Å². The van der Waals surface area contributed by atoms with Crippen molar-refractivity contribution < 1.29 is 19.2 Å². The summed E-state index contributed by atoms with van der Waals surface area (Å²) in [6.07, 6.45) is 0. The summed E-state index contributed by atoms with van der Waals surface area (Å²) in [5.74, 6) is -2.05. The van der Waals surface area contributed by atoms with E-state index < -0.39 is 23.1 Å². The van der Waals surface area contributed by atoms with Crippen LogP contribution in [-0.2, 0) is 0 Å². The Morgan fingerprint density at radius 1 is 0.468 bits per heavy atom. The normalized spacial score (nSPS) is 11.7. The van der Waals surface area contributed by atoms with E-state index in [0.29, 0.717) is 28.2 Å². The van der Waals surface area contributed by atoms with Crippen LogP contribution in [0.15, 0.2) is 140 Å². The predicted octanol–water partition coefficient (Wildman–Crippen LogP) is 7.99. The molecule has 0 aliphatic heterocycles. The van der Waals surface area contributed by atoms with Gasteiger partial charge in [0.15, 0.2) is 23.1 Å². The number of hydrogen-bond donors (Lipinski definition) is 3. The van der Waals surface area contributed by atoms with Gasteiger partial charge in [0.1, 0.15) is 0 Å². The quantitative estimate of drug-likeness (QED) is 0.117. The second-order valence-corrected chi connectivity index (χ2v) is 11.1. The number of fused-ring (bicyclic) bond motifs is 2. The van der Waals surface area contributed by atoms with E-state index in [4.69, 9.17) is 5.73 Å². The van der Waals surface area contributed by atoms with E-state index in [-0.39, 0.29) is 44.8 Å². The molecule has 7 nitrogen and oxygen atoms in total. The molecule has 0 radical (unpaired) electrons. The number of nitrogens with one attached hydrogen (secondary N) is 2. The Morgan fingerprint density at radius 2 is 0.915 bits per heavy atom. The van der Waals surface area contributed by atoms with Gasteiger partial charge in [-0.3, -0.25) is 19.2 Å². The first-order chi connectivity index (χ1) is 22.9. The van der Waals surface area contributed by atoms with Crippen LogP contribution in [0.25, 0.3) is 0 Å². The highest BCUT2D eigenvalue weighted by atomic mass is 16.1. The van der Waals surface area contributed by atoms with Crippen LogP contribution in [0.4, 0.5) is 28.4 Å². The third-order valence-electron chi connectivity index (χ3n) is 8.13. The highest BCUT2D eigenvalue weighted by Crippen LogP contribution is 2.43. The molecule has 0 unspecified atom stereocenters. The summed E-state index contributed by atoms with van der Waals surface area (Å²) in [7, 11) is 0. The van der Waals surface area contributed by atoms with Crippen LogP contribution in [-0.4, -0.2) is 23.1 Å². The van der Waals surface area contributed by atoms with Crippen molar-refractivity contribution in [2.45, 2.75) is 0 Å². The Balaban J connectivity index is 1.51. The fourth-order valence-electron chi connectivity index (χ4n) is 5.93. The van der Waals surface area contributed by atoms with Crippen LogP contribution >= 0.6 is 0 Å². The summed E-state index contributed by atoms with van der Waals surface area (Å²) in [5.41, 5.74) is 9.06. The molecule has 7 rings (SSSR count). The maximum absolute atomic E-state index is 15.0. The number of para-hydroxylation sites is 2. The Morgan fingerprint density at radius 3 is 1.47 bits per heavy atom. The second kappa shape index (κ2) is 12.1. The van der Waals surface area contributed by atoms with Crippen LogP contribution in [0.1, 0.15) is 63.7 Å². The van der Waals surface area contributed by atoms with E-state index >= 15 is 0 Å². The van der Waals surface area contributed by atoms with Crippen molar-refractivity contribution >= 4 is 51.6 Å². The van der Waals surface area contributed by atoms with Crippen molar-refractivity contribution in [3.63, 3.8) is 0 Å². The summed E-state index contributed by atoms with van der Waals surface area (Å²) in [6.45, 7) is 0. The predicted molar refractivity (Wildman–Crippen MR) is 183 cm³/mol. The summed E-state index contributed by atoms with van der Waals surface area (Å²) in [6, 6.07) is 40.0. The van der Waals surface area contributed by atoms with Gasteiger partial charge in [0.2, 0.25) is 0 Å². The van der Waals surface area contributed by atoms with Gasteiger partial charge >= 0.3 is 0 Å². The van der Waals surface area contributed by atoms with Crippen molar-refractivity contribution in [3.8, 4) is 0 Å². The van der Waals surface area contributed by atoms with Gasteiger partial charge in [0.25, 0.3) is 0 Å². The number of nitrogen functional groups attached to an aromatic ring is 1. The topological polar surface area (TPSA) is 118 Å². The first kappa shape index (κ1) is 29.1. The minimum atomic E-state index is -0.599. The fourth-order valence-corrected chi connectivity index (χ4v) is 5.93. The van der Waals surface area contributed by atoms with Gasteiger partial charge in [-0.15, -0.1) is 0 Å². The highest BCUT2D eigenvalue weighted by Gasteiger charge is 2.40. The van der Waals surface area contributed by atoms with Crippen LogP contribution in [0, 0.1) is 0 Å². The van der Waals surface area contributed by atoms with Crippen LogP contribution in [0.2, 0.25) is 0 Å². The average molecular weight is 614 g/mol. The number of benzene rings is 6. The third-order valence-corrected chi connectivity index (χ3v) is 8.13. The molecule has 0 aromatic heterocycles. The highest BCUT2D eigenvalue weighted by molar-refractivity contribution is 6.38. The first-order valence-electron chi connectivity index (χ1n) is 15.0. The van der Waals surface area contributed by atoms with E-state index in [0.717, 1.165) is 0 Å². The summed E-state index contributed by atoms with van der Waals surface area (Å²) >= 11 is 0. The fraction of sp³-hybridized carbons (Fsp3) is 0. The molecule has 0 fully saturated rings. The van der Waals surface area contributed by atoms with Crippen molar-refractivity contribution in [2.24, 2.45) is 0 Å². The molecule has 0 saturated carbocycles. The summed E-state index contributed by atoms with van der Waals surface area (Å²) in [5, 5.41) is 6.47. The number of carbonyl (C=O) groups is 4. The van der Waals surface area contributed by atoms with Gasteiger partial charge in [-0.05, 0) is 42.5 Å². The van der Waals surface area contributed by atoms with Gasteiger partial charge in [-0.1, -0.05) is 97.1 Å². The van der Waals surface area contributed by atoms with Crippen LogP contribution in [0.3, 0.4) is 0 Å². The molecule has 6 aromatic rings. The Labute approximate surface area is 270 Å². The van der Waals surface area contributed by atoms with Gasteiger partial charge in [-0.2, -0.15) is 0 Å². The standard InChI is InChI=1S/C40H27N3O4/c41-30-23-29(38(45)25-15-7-2-8-16-25)33-35(36(30)43-27-19-11-4-12-20-27)40(47)32-28(37(44)24-13-5-1-6-14-24)21-22-31(34(32)39(33)46)42-26-17-9-3-10-18-26/h1-23,42-43H,41H2. The Bertz CT molecular complexity index is 2200. The molecule has 0 amide bonds. The maximum Gasteiger partial charge on any atom is 0.197 e. The molecule has 0 bridgehead atoms. The second-order valence-electron chi connectivity index (χ2n) is 11.1. The minimum absolute atomic E-state index is 0.00300. The largest absolute Gasteiger partial charge is 0.397 e. The maximum atomic E-state index is 15.0. The Kier molecular flexibility index (Phi) is 7.48. The zero-order chi connectivity index (χ0) is 32.5. The van der Waals surface area contributed by atoms with E-state index in [1.807, 2.05) is 48.5 Å². The number of anilines is 5. The first-order valence-corrected chi connectivity index (χ1v) is 15.0. The van der Waals surface area contributed by atoms with Crippen molar-refractivity contribution in [3.05, 3.63) is 184 Å². The monoisotopic (exact) mass is 613 g/mol. The number of ketones is 4. The Hall–Kier alpha value is -6.60. The lowest BCUT2D eigenvalue weighted by Crippen LogP contribution is -2.29. The third kappa shape index (κ3) is 5.26. The average Bonchev–Trinajstić information content (AvgIpc) is 3.12. The molecule has 0 spiro atoms. The minimum Gasteiger partial charge on any atom is -0.397 e. The molecule has 47 heavy (non-hydrogen) atoms. The zero-order valence-electron chi connectivity index (χ0n) is 25.0. The van der Waals surface area contributed by atoms with Gasteiger partial charge in [-0.25, -0.2) is 0 Å². The summed E-state index contributed by atoms with van der Waals surface area (Å²) < 4.78 is 0. The molecule has 6 aromatic carbocycles. The molecule has 7 heteroatoms. The van der Waals surface area contributed by atoms with Crippen LogP contribution < -0.4 is 16.4 Å². The van der Waals surface area contributed by atoms with E-state index in [1.165, 1.54) is 6.07 Å². The number of nitrogens with two attached hydrogens (primary N) is 1. The molecule has 1 aliphatic rings. The van der Waals surface area contributed by atoms with E-state index in [9.17, 15) is 19.2 Å². The SMILES string of the molecule is Nc1cc(C(=O)c2ccccc2)c2c(c1Nc1ccccc1)C(=O)c1c(C(=O)c3ccccc3)ccc(Nc3ccccc3)c1C2=O. The number of rotatable bonds is 8. The lowest BCUT2D eigenvalue weighted by Gasteiger charge is -2.27. The van der Waals surface area contributed by atoms with Crippen LogP contribution in [0.5, 0.6) is 0 Å². The van der Waals surface area contributed by atoms with E-state index in [2.05, 4.69) is 10.6 Å². The smallest absolute Gasteiger partial charge is 0.197 e. The summed E-state index contributed by atoms with van der Waals surface area (Å²) in [4.78, 5) is 57.9. The molecule has 0 heterocycles. The number of carbonyl (C=O) groups excluding carboxylic acids is 4. The van der Waals surface area contributed by atoms with Crippen molar-refractivity contribution in [2.75, 3.05) is 16.4 Å². The molecule has 0 saturated heterocycles.